The predicted molar refractivity (Wildman–Crippen MR) is 63.8 cm³/mol. The van der Waals surface area contributed by atoms with Crippen LogP contribution >= 0.6 is 0 Å². The van der Waals surface area contributed by atoms with E-state index in [0.29, 0.717) is 26.2 Å². The van der Waals surface area contributed by atoms with E-state index < -0.39 is 0 Å². The number of hydrogen-bond donors (Lipinski definition) is 3. The first kappa shape index (κ1) is 14.6. The summed E-state index contributed by atoms with van der Waals surface area (Å²) in [4.78, 5) is 10.8. The zero-order valence-electron chi connectivity index (χ0n) is 10.4. The van der Waals surface area contributed by atoms with Gasteiger partial charge in [0.15, 0.2) is 0 Å². The number of ether oxygens (including phenoxy) is 2. The zero-order chi connectivity index (χ0) is 13.2. The summed E-state index contributed by atoms with van der Waals surface area (Å²) in [6.07, 6.45) is 2.24. The molecule has 4 N–H and O–H groups in total. The van der Waals surface area contributed by atoms with Crippen LogP contribution in [0.1, 0.15) is 5.69 Å². The number of likely N-dealkylation sites (N-methyl/N-ethyl adjacent to an activating group) is 1. The number of aromatic amines is 1. The van der Waals surface area contributed by atoms with Crippen molar-refractivity contribution in [1.29, 1.82) is 0 Å². The topological polar surface area (TPSA) is 115 Å². The van der Waals surface area contributed by atoms with Crippen molar-refractivity contribution in [1.82, 2.24) is 20.7 Å². The molecular weight excluding hydrogens is 238 g/mol. The maximum atomic E-state index is 10.8. The molecule has 102 valence electrons. The van der Waals surface area contributed by atoms with Gasteiger partial charge in [0.1, 0.15) is 6.61 Å². The van der Waals surface area contributed by atoms with Gasteiger partial charge < -0.3 is 20.5 Å². The van der Waals surface area contributed by atoms with E-state index in [2.05, 4.69) is 20.7 Å². The van der Waals surface area contributed by atoms with Crippen LogP contribution in [0.5, 0.6) is 0 Å². The molecule has 0 saturated heterocycles. The van der Waals surface area contributed by atoms with Gasteiger partial charge in [-0.1, -0.05) is 0 Å². The number of hydrogen-bond acceptors (Lipinski definition) is 6. The summed E-state index contributed by atoms with van der Waals surface area (Å²) in [5.41, 5.74) is 6.65. The van der Waals surface area contributed by atoms with Crippen LogP contribution in [-0.4, -0.2) is 60.8 Å². The number of carbonyl (C=O) groups excluding carboxylic acids is 1. The zero-order valence-corrected chi connectivity index (χ0v) is 10.4. The van der Waals surface area contributed by atoms with E-state index in [1.807, 2.05) is 0 Å². The summed E-state index contributed by atoms with van der Waals surface area (Å²) in [5.74, 6) is -0.155. The van der Waals surface area contributed by atoms with E-state index in [1.54, 1.807) is 13.2 Å². The minimum absolute atomic E-state index is 0.0465. The number of amides is 1. The lowest BCUT2D eigenvalue weighted by Gasteiger charge is -2.10. The Hall–Kier alpha value is -1.51. The van der Waals surface area contributed by atoms with Crippen LogP contribution in [0, 0.1) is 0 Å². The van der Waals surface area contributed by atoms with Gasteiger partial charge in [-0.25, -0.2) is 0 Å². The lowest BCUT2D eigenvalue weighted by atomic mass is 10.2. The molecule has 1 aromatic heterocycles. The Balaban J connectivity index is 1.96. The molecule has 0 fully saturated rings. The molecule has 0 aliphatic heterocycles. The highest BCUT2D eigenvalue weighted by Gasteiger charge is 2.06. The molecule has 8 heteroatoms. The molecule has 18 heavy (non-hydrogen) atoms. The minimum Gasteiger partial charge on any atom is -0.377 e. The third-order valence-corrected chi connectivity index (χ3v) is 2.15. The fourth-order valence-corrected chi connectivity index (χ4v) is 1.24. The Morgan fingerprint density at radius 3 is 3.00 bits per heavy atom. The first-order chi connectivity index (χ1) is 8.72. The molecule has 0 saturated carbocycles. The molecule has 1 unspecified atom stereocenters. The van der Waals surface area contributed by atoms with E-state index in [9.17, 15) is 4.79 Å². The van der Waals surface area contributed by atoms with Gasteiger partial charge in [-0.2, -0.15) is 15.4 Å². The molecule has 0 radical (unpaired) electrons. The maximum absolute atomic E-state index is 10.8. The summed E-state index contributed by atoms with van der Waals surface area (Å²) in [5, 5.41) is 12.6. The Morgan fingerprint density at radius 2 is 2.33 bits per heavy atom. The molecule has 0 bridgehead atoms. The number of nitrogens with zero attached hydrogens (tertiary/aromatic N) is 2. The first-order valence-electron chi connectivity index (χ1n) is 5.68. The Morgan fingerprint density at radius 1 is 1.56 bits per heavy atom. The fraction of sp³-hybridized carbons (Fsp3) is 0.700. The highest BCUT2D eigenvalue weighted by Crippen LogP contribution is 1.95. The highest BCUT2D eigenvalue weighted by molar-refractivity contribution is 5.76. The molecule has 1 amide bonds. The molecular formula is C10H19N5O3. The predicted octanol–water partition coefficient (Wildman–Crippen LogP) is -1.55. The van der Waals surface area contributed by atoms with Crippen LogP contribution in [0.2, 0.25) is 0 Å². The molecule has 1 atom stereocenters. The monoisotopic (exact) mass is 257 g/mol. The number of rotatable bonds is 9. The SMILES string of the molecule is CNC(=O)COCCOCC(N)Cc1cn[nH]n1. The van der Waals surface area contributed by atoms with Gasteiger partial charge in [-0.3, -0.25) is 4.79 Å². The van der Waals surface area contributed by atoms with Crippen molar-refractivity contribution in [3.05, 3.63) is 11.9 Å². The smallest absolute Gasteiger partial charge is 0.245 e. The molecule has 0 spiro atoms. The van der Waals surface area contributed by atoms with Crippen LogP contribution in [0.3, 0.4) is 0 Å². The molecule has 0 aromatic carbocycles. The maximum Gasteiger partial charge on any atom is 0.245 e. The van der Waals surface area contributed by atoms with Crippen LogP contribution in [0.15, 0.2) is 6.20 Å². The van der Waals surface area contributed by atoms with Crippen LogP contribution < -0.4 is 11.1 Å². The number of nitrogens with two attached hydrogens (primary N) is 1. The van der Waals surface area contributed by atoms with Crippen molar-refractivity contribution >= 4 is 5.91 Å². The number of H-pyrrole nitrogens is 1. The second-order valence-electron chi connectivity index (χ2n) is 3.73. The van der Waals surface area contributed by atoms with Crippen molar-refractivity contribution in [2.24, 2.45) is 5.73 Å². The minimum atomic E-state index is -0.155. The first-order valence-corrected chi connectivity index (χ1v) is 5.68. The molecule has 1 aromatic rings. The molecule has 8 nitrogen and oxygen atoms in total. The number of aromatic nitrogens is 3. The standard InChI is InChI=1S/C10H19N5O3/c1-12-10(16)7-18-3-2-17-6-8(11)4-9-5-13-15-14-9/h5,8H,2-4,6-7,11H2,1H3,(H,12,16)(H,13,14,15). The van der Waals surface area contributed by atoms with Gasteiger partial charge in [0.05, 0.1) is 31.7 Å². The summed E-state index contributed by atoms with van der Waals surface area (Å²) in [7, 11) is 1.56. The Bertz CT molecular complexity index is 330. The van der Waals surface area contributed by atoms with Gasteiger partial charge in [0.2, 0.25) is 5.91 Å². The largest absolute Gasteiger partial charge is 0.377 e. The van der Waals surface area contributed by atoms with Gasteiger partial charge in [0.25, 0.3) is 0 Å². The molecule has 0 aliphatic carbocycles. The fourth-order valence-electron chi connectivity index (χ4n) is 1.24. The van der Waals surface area contributed by atoms with Crippen molar-refractivity contribution in [2.45, 2.75) is 12.5 Å². The number of carbonyl (C=O) groups is 1. The summed E-state index contributed by atoms with van der Waals surface area (Å²) in [6.45, 7) is 1.23. The summed E-state index contributed by atoms with van der Waals surface area (Å²) >= 11 is 0. The number of nitrogens with one attached hydrogen (secondary N) is 2. The summed E-state index contributed by atoms with van der Waals surface area (Å²) in [6, 6.07) is -0.131. The van der Waals surface area contributed by atoms with Crippen LogP contribution in [-0.2, 0) is 20.7 Å². The molecule has 1 heterocycles. The normalized spacial score (nSPS) is 12.3. The van der Waals surface area contributed by atoms with Crippen molar-refractivity contribution < 1.29 is 14.3 Å². The van der Waals surface area contributed by atoms with E-state index in [4.69, 9.17) is 15.2 Å². The van der Waals surface area contributed by atoms with Crippen molar-refractivity contribution in [3.63, 3.8) is 0 Å². The Labute approximate surface area is 105 Å². The second kappa shape index (κ2) is 8.56. The van der Waals surface area contributed by atoms with Gasteiger partial charge >= 0.3 is 0 Å². The van der Waals surface area contributed by atoms with Gasteiger partial charge in [-0.15, -0.1) is 0 Å². The average molecular weight is 257 g/mol. The van der Waals surface area contributed by atoms with E-state index in [1.165, 1.54) is 0 Å². The molecule has 1 rings (SSSR count). The van der Waals surface area contributed by atoms with Gasteiger partial charge in [-0.05, 0) is 0 Å². The average Bonchev–Trinajstić information content (AvgIpc) is 2.85. The summed E-state index contributed by atoms with van der Waals surface area (Å²) < 4.78 is 10.4. The quantitative estimate of drug-likeness (QED) is 0.461. The third kappa shape index (κ3) is 6.28. The van der Waals surface area contributed by atoms with Gasteiger partial charge in [0, 0.05) is 19.5 Å². The Kier molecular flexibility index (Phi) is 6.92. The lowest BCUT2D eigenvalue weighted by molar-refractivity contribution is -0.125. The highest BCUT2D eigenvalue weighted by atomic mass is 16.5. The third-order valence-electron chi connectivity index (χ3n) is 2.15. The van der Waals surface area contributed by atoms with E-state index in [-0.39, 0.29) is 18.6 Å². The lowest BCUT2D eigenvalue weighted by Crippen LogP contribution is -2.30. The van der Waals surface area contributed by atoms with Crippen molar-refractivity contribution in [2.75, 3.05) is 33.5 Å². The van der Waals surface area contributed by atoms with E-state index in [0.717, 1.165) is 5.69 Å². The van der Waals surface area contributed by atoms with E-state index >= 15 is 0 Å². The molecule has 0 aliphatic rings. The van der Waals surface area contributed by atoms with Crippen LogP contribution in [0.4, 0.5) is 0 Å². The van der Waals surface area contributed by atoms with Crippen molar-refractivity contribution in [3.8, 4) is 0 Å². The second-order valence-corrected chi connectivity index (χ2v) is 3.73. The van der Waals surface area contributed by atoms with Crippen LogP contribution in [0.25, 0.3) is 0 Å².